The van der Waals surface area contributed by atoms with Crippen LogP contribution in [0, 0.1) is 13.8 Å². The van der Waals surface area contributed by atoms with Gasteiger partial charge in [0.05, 0.1) is 0 Å². The molecule has 1 unspecified atom stereocenters. The molecule has 5 aromatic rings. The number of hydrogen-bond acceptors (Lipinski definition) is 4. The van der Waals surface area contributed by atoms with Crippen LogP contribution in [-0.4, -0.2) is 5.11 Å². The molecule has 57 heavy (non-hydrogen) atoms. The van der Waals surface area contributed by atoms with Crippen molar-refractivity contribution >= 4 is 30.2 Å². The van der Waals surface area contributed by atoms with Gasteiger partial charge in [0.2, 0.25) is 0 Å². The predicted octanol–water partition coefficient (Wildman–Crippen LogP) is 16.4. The maximum Gasteiger partial charge on any atom is 0.453 e. The van der Waals surface area contributed by atoms with Gasteiger partial charge in [-0.05, 0) is 86.3 Å². The van der Waals surface area contributed by atoms with E-state index >= 15 is 0 Å². The van der Waals surface area contributed by atoms with Gasteiger partial charge >= 0.3 is 8.24 Å². The number of aryl methyl sites for hydroxylation is 2. The molecule has 5 rings (SSSR count). The number of fused-ring (bicyclic) bond motifs is 3. The average molecular weight is 793 g/mol. The minimum Gasteiger partial charge on any atom is -0.507 e. The van der Waals surface area contributed by atoms with Gasteiger partial charge in [0, 0.05) is 44.5 Å². The van der Waals surface area contributed by atoms with Crippen molar-refractivity contribution in [1.29, 1.82) is 0 Å². The lowest BCUT2D eigenvalue weighted by Crippen LogP contribution is -2.20. The number of hydrogen-bond donors (Lipinski definition) is 1. The molecule has 1 aromatic heterocycles. The summed E-state index contributed by atoms with van der Waals surface area (Å²) in [7, 11) is -2.02. The van der Waals surface area contributed by atoms with E-state index in [-0.39, 0.29) is 38.4 Å². The van der Waals surface area contributed by atoms with Gasteiger partial charge in [0.25, 0.3) is 0 Å². The Hall–Kier alpha value is -3.62. The molecule has 0 bridgehead atoms. The summed E-state index contributed by atoms with van der Waals surface area (Å²) in [6, 6.07) is 18.0. The maximum absolute atomic E-state index is 12.2. The number of benzene rings is 4. The van der Waals surface area contributed by atoms with E-state index in [2.05, 4.69) is 194 Å². The molecule has 0 aliphatic heterocycles. The molecule has 0 radical (unpaired) electrons. The Morgan fingerprint density at radius 1 is 0.474 bits per heavy atom. The molecule has 4 nitrogen and oxygen atoms in total. The molecule has 0 spiro atoms. The van der Waals surface area contributed by atoms with Gasteiger partial charge in [0.1, 0.15) is 22.7 Å². The van der Waals surface area contributed by atoms with Crippen LogP contribution in [0.3, 0.4) is 0 Å². The molecule has 1 heterocycles. The molecule has 0 saturated carbocycles. The number of phenols is 1. The average Bonchev–Trinajstić information content (AvgIpc) is 3.17. The first-order valence-electron chi connectivity index (χ1n) is 20.9. The zero-order valence-corrected chi connectivity index (χ0v) is 40.2. The van der Waals surface area contributed by atoms with E-state index in [1.54, 1.807) is 0 Å². The fourth-order valence-electron chi connectivity index (χ4n) is 7.76. The Kier molecular flexibility index (Phi) is 11.4. The summed E-state index contributed by atoms with van der Waals surface area (Å²) in [4.78, 5) is 0. The molecular weight excluding hydrogens is 720 g/mol. The molecule has 1 atom stereocenters. The third-order valence-corrected chi connectivity index (χ3v) is 12.4. The summed E-state index contributed by atoms with van der Waals surface area (Å²) < 4.78 is 21.8. The van der Waals surface area contributed by atoms with E-state index in [1.807, 2.05) is 0 Å². The predicted molar refractivity (Wildman–Crippen MR) is 246 cm³/mol. The molecule has 4 aromatic carbocycles. The summed E-state index contributed by atoms with van der Waals surface area (Å²) in [5, 5.41) is 14.3. The van der Waals surface area contributed by atoms with E-state index in [0.29, 0.717) is 5.75 Å². The van der Waals surface area contributed by atoms with Crippen molar-refractivity contribution in [3.8, 4) is 11.5 Å². The van der Waals surface area contributed by atoms with Crippen molar-refractivity contribution in [2.24, 2.45) is 0 Å². The first-order chi connectivity index (χ1) is 25.7. The monoisotopic (exact) mass is 793 g/mol. The van der Waals surface area contributed by atoms with Crippen molar-refractivity contribution in [2.45, 2.75) is 184 Å². The van der Waals surface area contributed by atoms with Gasteiger partial charge in [-0.25, -0.2) is 0 Å². The smallest absolute Gasteiger partial charge is 0.453 e. The van der Waals surface area contributed by atoms with Crippen LogP contribution >= 0.6 is 8.24 Å². The molecule has 0 fully saturated rings. The largest absolute Gasteiger partial charge is 0.507 e. The van der Waals surface area contributed by atoms with Crippen LogP contribution in [0.1, 0.15) is 193 Å². The van der Waals surface area contributed by atoms with E-state index in [0.717, 1.165) is 61.1 Å². The Morgan fingerprint density at radius 3 is 1.21 bits per heavy atom. The molecule has 5 heteroatoms. The fraction of sp³-hybridized carbons (Fsp3) is 0.538. The lowest BCUT2D eigenvalue weighted by molar-refractivity contribution is 0.435. The highest BCUT2D eigenvalue weighted by atomic mass is 31.1. The molecule has 0 aliphatic carbocycles. The Labute approximate surface area is 346 Å². The molecular formula is C52H73O4P. The maximum atomic E-state index is 12.2. The lowest BCUT2D eigenvalue weighted by Gasteiger charge is -2.32. The van der Waals surface area contributed by atoms with Crippen LogP contribution in [-0.2, 0) is 32.5 Å². The van der Waals surface area contributed by atoms with Gasteiger partial charge < -0.3 is 18.0 Å². The van der Waals surface area contributed by atoms with Crippen molar-refractivity contribution < 1.29 is 18.0 Å². The topological polar surface area (TPSA) is 55.7 Å². The molecule has 1 N–H and O–H groups in total. The van der Waals surface area contributed by atoms with Crippen LogP contribution in [0.5, 0.6) is 11.5 Å². The number of phenolic OH excluding ortho intramolecular Hbond substituents is 1. The van der Waals surface area contributed by atoms with Crippen LogP contribution in [0.2, 0.25) is 0 Å². The zero-order chi connectivity index (χ0) is 43.2. The van der Waals surface area contributed by atoms with Gasteiger partial charge in [-0.15, -0.1) is 0 Å². The van der Waals surface area contributed by atoms with Crippen molar-refractivity contribution in [2.75, 3.05) is 0 Å². The molecule has 310 valence electrons. The summed E-state index contributed by atoms with van der Waals surface area (Å²) in [5.41, 5.74) is 11.3. The first-order valence-corrected chi connectivity index (χ1v) is 22.0. The minimum atomic E-state index is -2.02. The van der Waals surface area contributed by atoms with Crippen molar-refractivity contribution in [3.63, 3.8) is 0 Å². The standard InChI is InChI=1S/C52H73O4P/c1-30-22-37-38-23-31(2)25-41(51(16,17)18)46(38)56-57(55-45(37)40(24-30)50(13,14)15)54-44-36(27-34(48(7,8)9)29-42(44)52(19,20)21)32(3)35-26-33(47(4,5)6)28-39(43(35)53)49(10,11)12/h22-29,32,53H,1-21H3. The van der Waals surface area contributed by atoms with Gasteiger partial charge in [-0.1, -0.05) is 168 Å². The minimum absolute atomic E-state index is 0.121. The second-order valence-corrected chi connectivity index (χ2v) is 24.0. The summed E-state index contributed by atoms with van der Waals surface area (Å²) >= 11 is 0. The SMILES string of the molecule is Cc1cc(C(C)(C)C)c2op(Oc3c(C(C)c4cc(C(C)(C)C)cc(C(C)(C)C)c4O)cc(C(C)(C)C)cc3C(C)(C)C)oc3c(C(C)(C)C)cc(C)cc3c2c1. The zero-order valence-electron chi connectivity index (χ0n) is 39.3. The van der Waals surface area contributed by atoms with E-state index in [4.69, 9.17) is 12.9 Å². The van der Waals surface area contributed by atoms with Crippen LogP contribution < -0.4 is 4.52 Å². The Morgan fingerprint density at radius 2 is 0.842 bits per heavy atom. The highest BCUT2D eigenvalue weighted by Gasteiger charge is 2.34. The summed E-state index contributed by atoms with van der Waals surface area (Å²) in [6.45, 7) is 46.8. The Balaban J connectivity index is 1.99. The van der Waals surface area contributed by atoms with E-state index in [9.17, 15) is 5.11 Å². The third kappa shape index (κ3) is 9.17. The van der Waals surface area contributed by atoms with Crippen LogP contribution in [0.15, 0.2) is 56.9 Å². The quantitative estimate of drug-likeness (QED) is 0.197. The molecule has 0 saturated heterocycles. The van der Waals surface area contributed by atoms with Gasteiger partial charge in [-0.2, -0.15) is 0 Å². The highest BCUT2D eigenvalue weighted by Crippen LogP contribution is 2.51. The number of aromatic hydroxyl groups is 1. The normalized spacial score (nSPS) is 14.1. The van der Waals surface area contributed by atoms with Crippen molar-refractivity contribution in [1.82, 2.24) is 0 Å². The van der Waals surface area contributed by atoms with Gasteiger partial charge in [-0.3, -0.25) is 0 Å². The molecule has 0 aliphatic rings. The van der Waals surface area contributed by atoms with E-state index in [1.165, 1.54) is 22.3 Å². The van der Waals surface area contributed by atoms with Crippen molar-refractivity contribution in [3.05, 3.63) is 104 Å². The summed E-state index contributed by atoms with van der Waals surface area (Å²) in [5.74, 6) is 0.873. The Bertz CT molecular complexity index is 2280. The number of rotatable bonds is 4. The van der Waals surface area contributed by atoms with Gasteiger partial charge in [0.15, 0.2) is 0 Å². The molecule has 0 amide bonds. The lowest BCUT2D eigenvalue weighted by atomic mass is 9.74. The van der Waals surface area contributed by atoms with Crippen LogP contribution in [0.25, 0.3) is 21.9 Å². The van der Waals surface area contributed by atoms with Crippen LogP contribution in [0.4, 0.5) is 0 Å². The first kappa shape index (κ1) is 44.5. The third-order valence-electron chi connectivity index (χ3n) is 11.4. The summed E-state index contributed by atoms with van der Waals surface area (Å²) in [6.07, 6.45) is 0. The fourth-order valence-corrected chi connectivity index (χ4v) is 8.92. The second-order valence-electron chi connectivity index (χ2n) is 23.0. The highest BCUT2D eigenvalue weighted by molar-refractivity contribution is 7.32. The second kappa shape index (κ2) is 14.6. The van der Waals surface area contributed by atoms with E-state index < -0.39 is 8.24 Å².